The van der Waals surface area contributed by atoms with Crippen molar-refractivity contribution >= 4 is 11.6 Å². The minimum atomic E-state index is 0.000276. The summed E-state index contributed by atoms with van der Waals surface area (Å²) >= 11 is 0. The van der Waals surface area contributed by atoms with Gasteiger partial charge in [0.25, 0.3) is 5.91 Å². The summed E-state index contributed by atoms with van der Waals surface area (Å²) in [6.07, 6.45) is 3.64. The van der Waals surface area contributed by atoms with E-state index in [2.05, 4.69) is 24.1 Å². The number of ether oxygens (including phenoxy) is 1. The van der Waals surface area contributed by atoms with Crippen LogP contribution in [0.1, 0.15) is 37.2 Å². The second-order valence-corrected chi connectivity index (χ2v) is 4.99. The van der Waals surface area contributed by atoms with Gasteiger partial charge >= 0.3 is 0 Å². The number of rotatable bonds is 5. The van der Waals surface area contributed by atoms with E-state index in [4.69, 9.17) is 4.74 Å². The molecular formula is C15H23N3O2. The van der Waals surface area contributed by atoms with E-state index in [1.54, 1.807) is 6.20 Å². The molecule has 20 heavy (non-hydrogen) atoms. The molecule has 1 fully saturated rings. The maximum atomic E-state index is 12.6. The van der Waals surface area contributed by atoms with Gasteiger partial charge in [0, 0.05) is 25.0 Å². The Kier molecular flexibility index (Phi) is 5.35. The predicted octanol–water partition coefficient (Wildman–Crippen LogP) is 2.15. The Morgan fingerprint density at radius 1 is 1.55 bits per heavy atom. The molecule has 1 unspecified atom stereocenters. The van der Waals surface area contributed by atoms with E-state index < -0.39 is 0 Å². The first-order chi connectivity index (χ1) is 9.76. The van der Waals surface area contributed by atoms with Crippen LogP contribution in [0.5, 0.6) is 0 Å². The summed E-state index contributed by atoms with van der Waals surface area (Å²) in [6, 6.07) is 3.88. The fourth-order valence-electron chi connectivity index (χ4n) is 2.33. The van der Waals surface area contributed by atoms with Crippen LogP contribution in [-0.4, -0.2) is 48.1 Å². The third-order valence-electron chi connectivity index (χ3n) is 3.52. The maximum absolute atomic E-state index is 12.6. The molecule has 1 atom stereocenters. The van der Waals surface area contributed by atoms with Crippen LogP contribution in [0.25, 0.3) is 0 Å². The van der Waals surface area contributed by atoms with Crippen molar-refractivity contribution in [3.63, 3.8) is 0 Å². The summed E-state index contributed by atoms with van der Waals surface area (Å²) in [5.41, 5.74) is 1.46. The van der Waals surface area contributed by atoms with E-state index in [0.717, 1.165) is 25.1 Å². The molecule has 5 nitrogen and oxygen atoms in total. The Labute approximate surface area is 120 Å². The highest BCUT2D eigenvalue weighted by Crippen LogP contribution is 2.16. The molecule has 1 aromatic rings. The van der Waals surface area contributed by atoms with Crippen LogP contribution in [0.2, 0.25) is 0 Å². The average molecular weight is 277 g/mol. The van der Waals surface area contributed by atoms with E-state index in [1.807, 2.05) is 17.0 Å². The first kappa shape index (κ1) is 14.8. The lowest BCUT2D eigenvalue weighted by Gasteiger charge is -2.34. The van der Waals surface area contributed by atoms with Crippen molar-refractivity contribution in [2.75, 3.05) is 31.6 Å². The third kappa shape index (κ3) is 3.48. The van der Waals surface area contributed by atoms with Crippen molar-refractivity contribution in [2.24, 2.45) is 0 Å². The van der Waals surface area contributed by atoms with Crippen LogP contribution in [0.15, 0.2) is 18.3 Å². The molecular weight excluding hydrogens is 254 g/mol. The second-order valence-electron chi connectivity index (χ2n) is 4.99. The van der Waals surface area contributed by atoms with Gasteiger partial charge in [-0.3, -0.25) is 9.78 Å². The first-order valence-corrected chi connectivity index (χ1v) is 7.34. The lowest BCUT2D eigenvalue weighted by atomic mass is 10.1. The first-order valence-electron chi connectivity index (χ1n) is 7.34. The normalized spacial score (nSPS) is 18.9. The standard InChI is InChI=1S/C15H23N3O2/c1-3-6-16-12-5-7-17-14(10-12)15(19)18-8-9-20-11-13(18)4-2/h5,7,10,13H,3-4,6,8-9,11H2,1-2H3,(H,16,17). The van der Waals surface area contributed by atoms with Gasteiger partial charge in [-0.1, -0.05) is 13.8 Å². The molecule has 0 saturated carbocycles. The summed E-state index contributed by atoms with van der Waals surface area (Å²) in [4.78, 5) is 18.7. The molecule has 1 aliphatic heterocycles. The number of hydrogen-bond donors (Lipinski definition) is 1. The van der Waals surface area contributed by atoms with Gasteiger partial charge in [-0.25, -0.2) is 0 Å². The summed E-state index contributed by atoms with van der Waals surface area (Å²) in [5.74, 6) is 0.000276. The zero-order valence-electron chi connectivity index (χ0n) is 12.3. The number of amides is 1. The topological polar surface area (TPSA) is 54.5 Å². The number of nitrogens with zero attached hydrogens (tertiary/aromatic N) is 2. The SMILES string of the molecule is CCCNc1ccnc(C(=O)N2CCOCC2CC)c1. The molecule has 2 rings (SSSR count). The zero-order chi connectivity index (χ0) is 14.4. The second kappa shape index (κ2) is 7.24. The van der Waals surface area contributed by atoms with E-state index >= 15 is 0 Å². The van der Waals surface area contributed by atoms with Crippen LogP contribution in [-0.2, 0) is 4.74 Å². The summed E-state index contributed by atoms with van der Waals surface area (Å²) in [6.45, 7) is 6.95. The predicted molar refractivity (Wildman–Crippen MR) is 79.0 cm³/mol. The van der Waals surface area contributed by atoms with E-state index in [9.17, 15) is 4.79 Å². The van der Waals surface area contributed by atoms with E-state index in [-0.39, 0.29) is 11.9 Å². The van der Waals surface area contributed by atoms with Crippen molar-refractivity contribution in [3.05, 3.63) is 24.0 Å². The van der Waals surface area contributed by atoms with Gasteiger partial charge in [0.2, 0.25) is 0 Å². The minimum absolute atomic E-state index is 0.000276. The average Bonchev–Trinajstić information content (AvgIpc) is 2.52. The van der Waals surface area contributed by atoms with Crippen LogP contribution in [0, 0.1) is 0 Å². The van der Waals surface area contributed by atoms with Gasteiger partial charge in [0.15, 0.2) is 0 Å². The molecule has 1 amide bonds. The Bertz CT molecular complexity index is 450. The Morgan fingerprint density at radius 3 is 3.15 bits per heavy atom. The van der Waals surface area contributed by atoms with Crippen molar-refractivity contribution in [3.8, 4) is 0 Å². The minimum Gasteiger partial charge on any atom is -0.385 e. The van der Waals surface area contributed by atoms with E-state index in [1.165, 1.54) is 0 Å². The number of anilines is 1. The Morgan fingerprint density at radius 2 is 2.40 bits per heavy atom. The molecule has 0 spiro atoms. The molecule has 0 radical (unpaired) electrons. The molecule has 1 aliphatic rings. The number of aromatic nitrogens is 1. The number of hydrogen-bond acceptors (Lipinski definition) is 4. The summed E-state index contributed by atoms with van der Waals surface area (Å²) in [7, 11) is 0. The molecule has 0 aliphatic carbocycles. The molecule has 0 aromatic carbocycles. The molecule has 0 bridgehead atoms. The molecule has 1 aromatic heterocycles. The quantitative estimate of drug-likeness (QED) is 0.896. The number of morpholine rings is 1. The monoisotopic (exact) mass is 277 g/mol. The lowest BCUT2D eigenvalue weighted by molar-refractivity contribution is -0.00310. The van der Waals surface area contributed by atoms with Crippen LogP contribution >= 0.6 is 0 Å². The fourth-order valence-corrected chi connectivity index (χ4v) is 2.33. The lowest BCUT2D eigenvalue weighted by Crippen LogP contribution is -2.48. The number of carbonyl (C=O) groups is 1. The van der Waals surface area contributed by atoms with Gasteiger partial charge in [0.05, 0.1) is 19.3 Å². The van der Waals surface area contributed by atoms with Crippen LogP contribution in [0.3, 0.4) is 0 Å². The third-order valence-corrected chi connectivity index (χ3v) is 3.52. The molecule has 5 heteroatoms. The Hall–Kier alpha value is -1.62. The highest BCUT2D eigenvalue weighted by atomic mass is 16.5. The zero-order valence-corrected chi connectivity index (χ0v) is 12.3. The highest BCUT2D eigenvalue weighted by Gasteiger charge is 2.27. The molecule has 1 N–H and O–H groups in total. The van der Waals surface area contributed by atoms with Crippen LogP contribution in [0.4, 0.5) is 5.69 Å². The van der Waals surface area contributed by atoms with Crippen molar-refractivity contribution in [2.45, 2.75) is 32.7 Å². The van der Waals surface area contributed by atoms with E-state index in [0.29, 0.717) is 25.5 Å². The van der Waals surface area contributed by atoms with Gasteiger partial charge in [-0.2, -0.15) is 0 Å². The summed E-state index contributed by atoms with van der Waals surface area (Å²) in [5, 5.41) is 3.28. The van der Waals surface area contributed by atoms with Gasteiger partial charge in [-0.05, 0) is 25.0 Å². The van der Waals surface area contributed by atoms with Crippen molar-refractivity contribution in [1.29, 1.82) is 0 Å². The fraction of sp³-hybridized carbons (Fsp3) is 0.600. The van der Waals surface area contributed by atoms with Gasteiger partial charge < -0.3 is 15.0 Å². The number of nitrogens with one attached hydrogen (secondary N) is 1. The largest absolute Gasteiger partial charge is 0.385 e. The smallest absolute Gasteiger partial charge is 0.272 e. The molecule has 110 valence electrons. The van der Waals surface area contributed by atoms with Gasteiger partial charge in [-0.15, -0.1) is 0 Å². The molecule has 1 saturated heterocycles. The van der Waals surface area contributed by atoms with Crippen molar-refractivity contribution in [1.82, 2.24) is 9.88 Å². The highest BCUT2D eigenvalue weighted by molar-refractivity contribution is 5.93. The van der Waals surface area contributed by atoms with Crippen molar-refractivity contribution < 1.29 is 9.53 Å². The number of carbonyl (C=O) groups excluding carboxylic acids is 1. The van der Waals surface area contributed by atoms with Crippen LogP contribution < -0.4 is 5.32 Å². The van der Waals surface area contributed by atoms with Gasteiger partial charge in [0.1, 0.15) is 5.69 Å². The summed E-state index contributed by atoms with van der Waals surface area (Å²) < 4.78 is 5.44. The number of pyridine rings is 1. The molecule has 2 heterocycles. The maximum Gasteiger partial charge on any atom is 0.272 e. The Balaban J connectivity index is 2.11.